The maximum atomic E-state index is 5.72. The van der Waals surface area contributed by atoms with Crippen molar-refractivity contribution in [3.8, 4) is 0 Å². The van der Waals surface area contributed by atoms with E-state index in [4.69, 9.17) is 9.26 Å². The highest BCUT2D eigenvalue weighted by Crippen LogP contribution is 2.27. The van der Waals surface area contributed by atoms with E-state index >= 15 is 0 Å². The van der Waals surface area contributed by atoms with Crippen molar-refractivity contribution in [2.24, 2.45) is 5.92 Å². The highest BCUT2D eigenvalue weighted by atomic mass is 16.5. The van der Waals surface area contributed by atoms with Crippen molar-refractivity contribution in [1.82, 2.24) is 20.4 Å². The molecule has 1 aliphatic heterocycles. The maximum Gasteiger partial charge on any atom is 0.240 e. The molecule has 6 heteroatoms. The zero-order valence-electron chi connectivity index (χ0n) is 11.5. The van der Waals surface area contributed by atoms with E-state index in [0.717, 1.165) is 38.7 Å². The minimum Gasteiger partial charge on any atom is -0.367 e. The van der Waals surface area contributed by atoms with E-state index in [1.54, 1.807) is 0 Å². The van der Waals surface area contributed by atoms with Crippen LogP contribution in [-0.2, 0) is 11.3 Å². The second-order valence-corrected chi connectivity index (χ2v) is 5.37. The maximum absolute atomic E-state index is 5.72. The summed E-state index contributed by atoms with van der Waals surface area (Å²) in [5.74, 6) is 2.21. The van der Waals surface area contributed by atoms with Gasteiger partial charge in [0, 0.05) is 13.1 Å². The van der Waals surface area contributed by atoms with Crippen molar-refractivity contribution in [2.45, 2.75) is 32.4 Å². The summed E-state index contributed by atoms with van der Waals surface area (Å²) in [6.45, 7) is 7.49. The Kier molecular flexibility index (Phi) is 4.10. The monoisotopic (exact) mass is 266 g/mol. The Hall–Kier alpha value is -0.980. The molecule has 0 aromatic carbocycles. The third-order valence-electron chi connectivity index (χ3n) is 3.78. The molecule has 106 valence electrons. The Morgan fingerprint density at radius 3 is 3.11 bits per heavy atom. The lowest BCUT2D eigenvalue weighted by Crippen LogP contribution is -2.38. The van der Waals surface area contributed by atoms with Gasteiger partial charge in [-0.3, -0.25) is 4.90 Å². The lowest BCUT2D eigenvalue weighted by atomic mass is 10.2. The van der Waals surface area contributed by atoms with Gasteiger partial charge in [-0.15, -0.1) is 0 Å². The number of aromatic nitrogens is 2. The van der Waals surface area contributed by atoms with Crippen LogP contribution in [0.1, 0.15) is 37.6 Å². The molecule has 0 radical (unpaired) electrons. The number of nitrogens with zero attached hydrogens (tertiary/aromatic N) is 3. The van der Waals surface area contributed by atoms with Crippen LogP contribution in [0.25, 0.3) is 0 Å². The van der Waals surface area contributed by atoms with Gasteiger partial charge in [0.1, 0.15) is 6.10 Å². The van der Waals surface area contributed by atoms with E-state index in [9.17, 15) is 0 Å². The fraction of sp³-hybridized carbons (Fsp3) is 0.846. The van der Waals surface area contributed by atoms with Crippen LogP contribution < -0.4 is 5.32 Å². The number of nitrogens with one attached hydrogen (secondary N) is 1. The molecule has 0 spiro atoms. The van der Waals surface area contributed by atoms with E-state index in [0.29, 0.717) is 18.3 Å². The van der Waals surface area contributed by atoms with Gasteiger partial charge in [0.15, 0.2) is 0 Å². The number of morpholine rings is 1. The Morgan fingerprint density at radius 2 is 2.32 bits per heavy atom. The molecule has 6 nitrogen and oxygen atoms in total. The smallest absolute Gasteiger partial charge is 0.240 e. The molecule has 1 aromatic rings. The molecule has 2 aliphatic rings. The Labute approximate surface area is 113 Å². The Morgan fingerprint density at radius 1 is 1.42 bits per heavy atom. The average molecular weight is 266 g/mol. The second-order valence-electron chi connectivity index (χ2n) is 5.37. The molecule has 0 bridgehead atoms. The first-order valence-corrected chi connectivity index (χ1v) is 7.22. The van der Waals surface area contributed by atoms with E-state index in [2.05, 4.69) is 27.3 Å². The summed E-state index contributed by atoms with van der Waals surface area (Å²) >= 11 is 0. The lowest BCUT2D eigenvalue weighted by molar-refractivity contribution is -0.0334. The highest BCUT2D eigenvalue weighted by Gasteiger charge is 2.25. The van der Waals surface area contributed by atoms with Gasteiger partial charge in [0.05, 0.1) is 13.2 Å². The van der Waals surface area contributed by atoms with Crippen molar-refractivity contribution in [2.75, 3.05) is 32.8 Å². The third-order valence-corrected chi connectivity index (χ3v) is 3.78. The first-order valence-electron chi connectivity index (χ1n) is 7.22. The van der Waals surface area contributed by atoms with Crippen LogP contribution in [-0.4, -0.2) is 47.8 Å². The van der Waals surface area contributed by atoms with E-state index < -0.39 is 0 Å². The Balaban J connectivity index is 1.51. The van der Waals surface area contributed by atoms with Gasteiger partial charge >= 0.3 is 0 Å². The molecule has 2 heterocycles. The van der Waals surface area contributed by atoms with Crippen molar-refractivity contribution < 1.29 is 9.26 Å². The average Bonchev–Trinajstić information content (AvgIpc) is 3.15. The standard InChI is InChI=1S/C13H22N4O2/c1-2-17-5-6-18-11(9-17)13-15-12(19-16-13)8-14-7-10-3-4-10/h10-11,14H,2-9H2,1H3. The fourth-order valence-corrected chi connectivity index (χ4v) is 2.32. The molecule has 0 amide bonds. The molecule has 1 saturated carbocycles. The minimum atomic E-state index is -0.0466. The van der Waals surface area contributed by atoms with E-state index in [1.807, 2.05) is 0 Å². The van der Waals surface area contributed by atoms with Crippen LogP contribution in [0.3, 0.4) is 0 Å². The summed E-state index contributed by atoms with van der Waals surface area (Å²) in [4.78, 5) is 6.77. The first kappa shape index (κ1) is 13.0. The summed E-state index contributed by atoms with van der Waals surface area (Å²) in [7, 11) is 0. The molecule has 1 saturated heterocycles. The molecule has 1 aliphatic carbocycles. The lowest BCUT2D eigenvalue weighted by Gasteiger charge is -2.30. The van der Waals surface area contributed by atoms with Crippen molar-refractivity contribution in [1.29, 1.82) is 0 Å². The molecule has 19 heavy (non-hydrogen) atoms. The summed E-state index contributed by atoms with van der Waals surface area (Å²) in [6, 6.07) is 0. The summed E-state index contributed by atoms with van der Waals surface area (Å²) < 4.78 is 11.0. The minimum absolute atomic E-state index is 0.0466. The van der Waals surface area contributed by atoms with E-state index in [1.165, 1.54) is 12.8 Å². The van der Waals surface area contributed by atoms with Crippen LogP contribution in [0, 0.1) is 5.92 Å². The molecule has 1 aromatic heterocycles. The van der Waals surface area contributed by atoms with Gasteiger partial charge < -0.3 is 14.6 Å². The molecular formula is C13H22N4O2. The van der Waals surface area contributed by atoms with Crippen LogP contribution in [0.15, 0.2) is 4.52 Å². The highest BCUT2D eigenvalue weighted by molar-refractivity contribution is 4.94. The quantitative estimate of drug-likeness (QED) is 0.827. The number of hydrogen-bond donors (Lipinski definition) is 1. The van der Waals surface area contributed by atoms with Gasteiger partial charge in [-0.05, 0) is 31.8 Å². The topological polar surface area (TPSA) is 63.4 Å². The normalized spacial score (nSPS) is 24.8. The molecule has 3 rings (SSSR count). The van der Waals surface area contributed by atoms with E-state index in [-0.39, 0.29) is 6.10 Å². The molecular weight excluding hydrogens is 244 g/mol. The molecule has 2 fully saturated rings. The van der Waals surface area contributed by atoms with Crippen LogP contribution >= 0.6 is 0 Å². The Bertz CT molecular complexity index is 405. The van der Waals surface area contributed by atoms with Crippen molar-refractivity contribution in [3.05, 3.63) is 11.7 Å². The zero-order valence-corrected chi connectivity index (χ0v) is 11.5. The van der Waals surface area contributed by atoms with Crippen molar-refractivity contribution in [3.63, 3.8) is 0 Å². The number of rotatable bonds is 6. The van der Waals surface area contributed by atoms with Crippen LogP contribution in [0.4, 0.5) is 0 Å². The summed E-state index contributed by atoms with van der Waals surface area (Å²) in [5.41, 5.74) is 0. The fourth-order valence-electron chi connectivity index (χ4n) is 2.32. The van der Waals surface area contributed by atoms with Crippen LogP contribution in [0.2, 0.25) is 0 Å². The van der Waals surface area contributed by atoms with Gasteiger partial charge in [-0.25, -0.2) is 0 Å². The summed E-state index contributed by atoms with van der Waals surface area (Å²) in [6.07, 6.45) is 2.66. The number of ether oxygens (including phenoxy) is 1. The van der Waals surface area contributed by atoms with Gasteiger partial charge in [0.25, 0.3) is 0 Å². The third kappa shape index (κ3) is 3.52. The van der Waals surface area contributed by atoms with Gasteiger partial charge in [0.2, 0.25) is 11.7 Å². The predicted molar refractivity (Wildman–Crippen MR) is 69.5 cm³/mol. The molecule has 1 N–H and O–H groups in total. The molecule has 1 unspecified atom stereocenters. The van der Waals surface area contributed by atoms with Gasteiger partial charge in [-0.1, -0.05) is 12.1 Å². The summed E-state index contributed by atoms with van der Waals surface area (Å²) in [5, 5.41) is 7.40. The second kappa shape index (κ2) is 5.98. The predicted octanol–water partition coefficient (Wildman–Crippen LogP) is 0.962. The van der Waals surface area contributed by atoms with Gasteiger partial charge in [-0.2, -0.15) is 4.98 Å². The first-order chi connectivity index (χ1) is 9.35. The zero-order chi connectivity index (χ0) is 13.1. The van der Waals surface area contributed by atoms with Crippen molar-refractivity contribution >= 4 is 0 Å². The number of likely N-dealkylation sites (N-methyl/N-ethyl adjacent to an activating group) is 1. The number of hydrogen-bond acceptors (Lipinski definition) is 6. The largest absolute Gasteiger partial charge is 0.367 e. The SMILES string of the molecule is CCN1CCOC(c2noc(CNCC3CC3)n2)C1. The molecule has 1 atom stereocenters. The van der Waals surface area contributed by atoms with Crippen LogP contribution in [0.5, 0.6) is 0 Å².